The summed E-state index contributed by atoms with van der Waals surface area (Å²) in [7, 11) is 0. The normalized spacial score (nSPS) is 20.0. The molecule has 2 fully saturated rings. The summed E-state index contributed by atoms with van der Waals surface area (Å²) >= 11 is 0. The number of phenols is 1. The molecule has 1 N–H and O–H groups in total. The molecule has 27 heavy (non-hydrogen) atoms. The van der Waals surface area contributed by atoms with Crippen LogP contribution in [0.3, 0.4) is 0 Å². The van der Waals surface area contributed by atoms with Crippen LogP contribution in [0.2, 0.25) is 0 Å². The average Bonchev–Trinajstić information content (AvgIpc) is 3.33. The number of carbonyl (C=O) groups excluding carboxylic acids is 1. The maximum atomic E-state index is 12.6. The number of amides is 1. The van der Waals surface area contributed by atoms with Gasteiger partial charge >= 0.3 is 0 Å². The minimum absolute atomic E-state index is 0.0422. The first-order chi connectivity index (χ1) is 13.1. The summed E-state index contributed by atoms with van der Waals surface area (Å²) in [5.74, 6) is 0.756. The summed E-state index contributed by atoms with van der Waals surface area (Å²) in [6.45, 7) is 7.72. The van der Waals surface area contributed by atoms with Crippen molar-refractivity contribution in [1.82, 2.24) is 0 Å². The van der Waals surface area contributed by atoms with Gasteiger partial charge in [0.05, 0.1) is 12.7 Å². The molecule has 1 saturated heterocycles. The highest BCUT2D eigenvalue weighted by Crippen LogP contribution is 2.38. The van der Waals surface area contributed by atoms with Crippen LogP contribution in [-0.4, -0.2) is 23.7 Å². The Kier molecular flexibility index (Phi) is 4.72. The Morgan fingerprint density at radius 3 is 2.74 bits per heavy atom. The van der Waals surface area contributed by atoms with Crippen LogP contribution < -0.4 is 9.64 Å². The van der Waals surface area contributed by atoms with E-state index in [4.69, 9.17) is 11.3 Å². The van der Waals surface area contributed by atoms with E-state index in [1.54, 1.807) is 29.2 Å². The summed E-state index contributed by atoms with van der Waals surface area (Å²) in [6.07, 6.45) is 4.97. The highest BCUT2D eigenvalue weighted by Gasteiger charge is 2.32. The van der Waals surface area contributed by atoms with Gasteiger partial charge in [0.2, 0.25) is 5.91 Å². The molecule has 0 bridgehead atoms. The molecule has 5 nitrogen and oxygen atoms in total. The fraction of sp³-hybridized carbons (Fsp3) is 0.364. The van der Waals surface area contributed by atoms with Crippen LogP contribution in [0.25, 0.3) is 4.85 Å². The molecule has 1 atom stereocenters. The molecule has 138 valence electrons. The lowest BCUT2D eigenvalue weighted by atomic mass is 9.98. The molecule has 0 aromatic heterocycles. The minimum Gasteiger partial charge on any atom is -0.504 e. The van der Waals surface area contributed by atoms with Crippen LogP contribution in [0.1, 0.15) is 43.6 Å². The minimum atomic E-state index is 0.0422. The predicted molar refractivity (Wildman–Crippen MR) is 103 cm³/mol. The summed E-state index contributed by atoms with van der Waals surface area (Å²) in [4.78, 5) is 17.7. The van der Waals surface area contributed by atoms with Crippen molar-refractivity contribution in [2.24, 2.45) is 0 Å². The van der Waals surface area contributed by atoms with Gasteiger partial charge in [-0.2, -0.15) is 0 Å². The maximum Gasteiger partial charge on any atom is 0.227 e. The van der Waals surface area contributed by atoms with Gasteiger partial charge in [-0.3, -0.25) is 4.79 Å². The van der Waals surface area contributed by atoms with Gasteiger partial charge < -0.3 is 14.7 Å². The lowest BCUT2D eigenvalue weighted by Crippen LogP contribution is -2.24. The zero-order valence-electron chi connectivity index (χ0n) is 15.1. The second-order valence-electron chi connectivity index (χ2n) is 7.29. The van der Waals surface area contributed by atoms with E-state index in [9.17, 15) is 9.90 Å². The molecule has 0 spiro atoms. The fourth-order valence-corrected chi connectivity index (χ4v) is 3.98. The molecule has 1 aliphatic carbocycles. The molecule has 1 saturated carbocycles. The van der Waals surface area contributed by atoms with Crippen molar-refractivity contribution >= 4 is 17.3 Å². The molecule has 4 rings (SSSR count). The Labute approximate surface area is 159 Å². The van der Waals surface area contributed by atoms with Gasteiger partial charge in [0.15, 0.2) is 17.2 Å². The number of hydrogen-bond acceptors (Lipinski definition) is 3. The van der Waals surface area contributed by atoms with E-state index in [0.29, 0.717) is 24.4 Å². The van der Waals surface area contributed by atoms with Gasteiger partial charge in [-0.05, 0) is 55.5 Å². The van der Waals surface area contributed by atoms with Crippen molar-refractivity contribution in [3.05, 3.63) is 59.4 Å². The Balaban J connectivity index is 1.54. The van der Waals surface area contributed by atoms with Crippen LogP contribution in [0.15, 0.2) is 42.5 Å². The molecule has 5 heteroatoms. The van der Waals surface area contributed by atoms with Crippen LogP contribution in [0.5, 0.6) is 11.5 Å². The first-order valence-electron chi connectivity index (χ1n) is 9.41. The van der Waals surface area contributed by atoms with Gasteiger partial charge in [0, 0.05) is 24.6 Å². The van der Waals surface area contributed by atoms with Crippen LogP contribution in [0, 0.1) is 6.57 Å². The van der Waals surface area contributed by atoms with Crippen LogP contribution >= 0.6 is 0 Å². The van der Waals surface area contributed by atoms with Gasteiger partial charge in [-0.1, -0.05) is 18.2 Å². The lowest BCUT2D eigenvalue weighted by Gasteiger charge is -2.19. The fourth-order valence-electron chi connectivity index (χ4n) is 3.98. The Hall–Kier alpha value is -3.00. The summed E-state index contributed by atoms with van der Waals surface area (Å²) in [5.41, 5.74) is 2.29. The van der Waals surface area contributed by atoms with E-state index in [2.05, 4.69) is 4.85 Å². The average molecular weight is 362 g/mol. The van der Waals surface area contributed by atoms with Crippen molar-refractivity contribution in [3.8, 4) is 11.5 Å². The van der Waals surface area contributed by atoms with Gasteiger partial charge in [-0.25, -0.2) is 4.85 Å². The lowest BCUT2D eigenvalue weighted by molar-refractivity contribution is -0.117. The summed E-state index contributed by atoms with van der Waals surface area (Å²) in [5, 5.41) is 10.1. The van der Waals surface area contributed by atoms with E-state index in [1.807, 2.05) is 18.2 Å². The number of nitrogens with zero attached hydrogens (tertiary/aromatic N) is 2. The predicted octanol–water partition coefficient (Wildman–Crippen LogP) is 4.78. The Morgan fingerprint density at radius 2 is 1.96 bits per heavy atom. The number of rotatable bonds is 4. The zero-order valence-corrected chi connectivity index (χ0v) is 15.1. The van der Waals surface area contributed by atoms with Crippen LogP contribution in [-0.2, 0) is 4.79 Å². The third-order valence-electron chi connectivity index (χ3n) is 5.45. The molecule has 1 amide bonds. The summed E-state index contributed by atoms with van der Waals surface area (Å²) < 4.78 is 5.99. The SMILES string of the molecule is [C-]#[N+]c1cccc(N2C[C@H](c3ccc(O)c(OC4CCCC4)c3)CC2=O)c1. The maximum absolute atomic E-state index is 12.6. The van der Waals surface area contributed by atoms with Crippen molar-refractivity contribution in [2.45, 2.75) is 44.1 Å². The second kappa shape index (κ2) is 7.32. The standard InChI is InChI=1S/C22H22N2O3/c1-23-17-5-4-6-18(13-17)24-14-16(12-22(24)26)15-9-10-20(25)21(11-15)27-19-7-2-3-8-19/h4-6,9-11,13,16,19,25H,2-3,7-8,12,14H2/t16-/m1/s1. The van der Waals surface area contributed by atoms with E-state index >= 15 is 0 Å². The van der Waals surface area contributed by atoms with E-state index < -0.39 is 0 Å². The van der Waals surface area contributed by atoms with E-state index in [0.717, 1.165) is 24.1 Å². The van der Waals surface area contributed by atoms with E-state index in [-0.39, 0.29) is 23.7 Å². The monoisotopic (exact) mass is 362 g/mol. The molecule has 1 heterocycles. The summed E-state index contributed by atoms with van der Waals surface area (Å²) in [6, 6.07) is 12.6. The first kappa shape index (κ1) is 17.4. The first-order valence-corrected chi connectivity index (χ1v) is 9.41. The number of anilines is 1. The Bertz CT molecular complexity index is 897. The van der Waals surface area contributed by atoms with Crippen molar-refractivity contribution < 1.29 is 14.6 Å². The highest BCUT2D eigenvalue weighted by molar-refractivity contribution is 5.97. The van der Waals surface area contributed by atoms with Crippen molar-refractivity contribution in [2.75, 3.05) is 11.4 Å². The highest BCUT2D eigenvalue weighted by atomic mass is 16.5. The molecular weight excluding hydrogens is 340 g/mol. The molecule has 1 aliphatic heterocycles. The molecule has 2 aliphatic rings. The van der Waals surface area contributed by atoms with Crippen LogP contribution in [0.4, 0.5) is 11.4 Å². The largest absolute Gasteiger partial charge is 0.504 e. The van der Waals surface area contributed by atoms with Gasteiger partial charge in [-0.15, -0.1) is 0 Å². The third kappa shape index (κ3) is 3.61. The number of benzene rings is 2. The Morgan fingerprint density at radius 1 is 1.15 bits per heavy atom. The smallest absolute Gasteiger partial charge is 0.227 e. The topological polar surface area (TPSA) is 54.1 Å². The molecule has 0 unspecified atom stereocenters. The zero-order chi connectivity index (χ0) is 18.8. The molecular formula is C22H22N2O3. The third-order valence-corrected chi connectivity index (χ3v) is 5.45. The number of ether oxygens (including phenoxy) is 1. The van der Waals surface area contributed by atoms with Gasteiger partial charge in [0.1, 0.15) is 0 Å². The number of phenolic OH excluding ortho intramolecular Hbond substituents is 1. The molecule has 2 aromatic rings. The van der Waals surface area contributed by atoms with Gasteiger partial charge in [0.25, 0.3) is 0 Å². The molecule has 0 radical (unpaired) electrons. The number of carbonyl (C=O) groups is 1. The molecule has 2 aromatic carbocycles. The number of hydrogen-bond donors (Lipinski definition) is 1. The van der Waals surface area contributed by atoms with E-state index in [1.165, 1.54) is 12.8 Å². The quantitative estimate of drug-likeness (QED) is 0.796. The second-order valence-corrected chi connectivity index (χ2v) is 7.29. The van der Waals surface area contributed by atoms with Crippen molar-refractivity contribution in [3.63, 3.8) is 0 Å². The number of aromatic hydroxyl groups is 1. The van der Waals surface area contributed by atoms with Crippen molar-refractivity contribution in [1.29, 1.82) is 0 Å².